The maximum Gasteiger partial charge on any atom is 0.308 e. The van der Waals surface area contributed by atoms with Gasteiger partial charge in [-0.05, 0) is 94.3 Å². The molecule has 4 heteroatoms. The van der Waals surface area contributed by atoms with Gasteiger partial charge in [0.15, 0.2) is 0 Å². The van der Waals surface area contributed by atoms with Gasteiger partial charge >= 0.3 is 5.97 Å². The molecule has 7 atom stereocenters. The second kappa shape index (κ2) is 7.75. The highest BCUT2D eigenvalue weighted by molar-refractivity contribution is 5.70. The number of allylic oxidation sites excluding steroid dienone is 1. The summed E-state index contributed by atoms with van der Waals surface area (Å²) in [5, 5.41) is 9.21. The monoisotopic (exact) mass is 392 g/mol. The lowest BCUT2D eigenvalue weighted by atomic mass is 9.46. The summed E-state index contributed by atoms with van der Waals surface area (Å²) in [6, 6.07) is 0. The van der Waals surface area contributed by atoms with Crippen LogP contribution in [0.5, 0.6) is 0 Å². The summed E-state index contributed by atoms with van der Waals surface area (Å²) in [4.78, 5) is 22.6. The lowest BCUT2D eigenvalue weighted by molar-refractivity contribution is -0.412. The molecule has 0 aromatic heterocycles. The molecule has 1 aliphatic heterocycles. The van der Waals surface area contributed by atoms with Crippen molar-refractivity contribution in [3.8, 4) is 0 Å². The fourth-order valence-electron chi connectivity index (χ4n) is 6.30. The molecule has 3 rings (SSSR count). The predicted octanol–water partition coefficient (Wildman–Crippen LogP) is 6.16. The molecule has 0 radical (unpaired) electrons. The molecule has 28 heavy (non-hydrogen) atoms. The SMILES string of the molecule is C=C1CCC[C@@H]2[C@@](C)(CC[C@@]3(C)CCC([C@H](C)C(=O)O)OO3)[C@H](C)CC[C@@]12C. The zero-order chi connectivity index (χ0) is 20.7. The molecule has 1 heterocycles. The molecule has 2 aliphatic carbocycles. The van der Waals surface area contributed by atoms with E-state index >= 15 is 0 Å². The number of fused-ring (bicyclic) bond motifs is 1. The Kier molecular flexibility index (Phi) is 6.05. The van der Waals surface area contributed by atoms with Crippen LogP contribution in [0.25, 0.3) is 0 Å². The third kappa shape index (κ3) is 3.79. The Bertz CT molecular complexity index is 606. The van der Waals surface area contributed by atoms with Crippen molar-refractivity contribution >= 4 is 5.97 Å². The van der Waals surface area contributed by atoms with Gasteiger partial charge < -0.3 is 5.11 Å². The summed E-state index contributed by atoms with van der Waals surface area (Å²) in [5.74, 6) is 0.0363. The summed E-state index contributed by atoms with van der Waals surface area (Å²) in [6.45, 7) is 15.7. The molecule has 0 spiro atoms. The van der Waals surface area contributed by atoms with Crippen LogP contribution >= 0.6 is 0 Å². The van der Waals surface area contributed by atoms with Gasteiger partial charge in [0.1, 0.15) is 11.7 Å². The van der Waals surface area contributed by atoms with Crippen LogP contribution in [0.1, 0.15) is 92.4 Å². The molecule has 0 aromatic carbocycles. The Morgan fingerprint density at radius 3 is 2.54 bits per heavy atom. The normalized spacial score (nSPS) is 45.3. The molecule has 3 fully saturated rings. The minimum atomic E-state index is -0.822. The number of carbonyl (C=O) groups is 1. The summed E-state index contributed by atoms with van der Waals surface area (Å²) < 4.78 is 0. The smallest absolute Gasteiger partial charge is 0.308 e. The largest absolute Gasteiger partial charge is 0.481 e. The standard InChI is InChI=1S/C24H40O4/c1-16-8-7-9-20-23(16,5)13-10-17(2)24(20,6)15-14-22(4)12-11-19(27-28-22)18(3)21(25)26/h17-20H,1,7-15H2,2-6H3,(H,25,26)/t17-,18+,19?,20+,22-,23+,24+/m1/s1. The lowest BCUT2D eigenvalue weighted by Gasteiger charge is -2.59. The highest BCUT2D eigenvalue weighted by Gasteiger charge is 2.54. The number of rotatable bonds is 5. The third-order valence-corrected chi connectivity index (χ3v) is 9.04. The first-order valence-corrected chi connectivity index (χ1v) is 11.3. The molecule has 3 aliphatic rings. The zero-order valence-electron chi connectivity index (χ0n) is 18.6. The van der Waals surface area contributed by atoms with Crippen molar-refractivity contribution in [2.24, 2.45) is 28.6 Å². The van der Waals surface area contributed by atoms with Crippen LogP contribution in [0.4, 0.5) is 0 Å². The van der Waals surface area contributed by atoms with Gasteiger partial charge in [-0.2, -0.15) is 0 Å². The molecule has 0 bridgehead atoms. The van der Waals surface area contributed by atoms with E-state index in [0.717, 1.165) is 25.7 Å². The van der Waals surface area contributed by atoms with Crippen LogP contribution in [0.3, 0.4) is 0 Å². The average Bonchev–Trinajstić information content (AvgIpc) is 2.66. The van der Waals surface area contributed by atoms with E-state index in [1.54, 1.807) is 6.92 Å². The Labute approximate surface area is 171 Å². The first-order chi connectivity index (χ1) is 13.0. The van der Waals surface area contributed by atoms with Gasteiger partial charge in [0.25, 0.3) is 0 Å². The van der Waals surface area contributed by atoms with Gasteiger partial charge in [-0.25, -0.2) is 9.78 Å². The second-order valence-corrected chi connectivity index (χ2v) is 10.7. The van der Waals surface area contributed by atoms with Gasteiger partial charge in [0.2, 0.25) is 0 Å². The second-order valence-electron chi connectivity index (χ2n) is 10.7. The fourth-order valence-corrected chi connectivity index (χ4v) is 6.30. The van der Waals surface area contributed by atoms with E-state index in [1.807, 2.05) is 0 Å². The molecule has 2 saturated carbocycles. The maximum atomic E-state index is 11.2. The fraction of sp³-hybridized carbons (Fsp3) is 0.875. The summed E-state index contributed by atoms with van der Waals surface area (Å²) in [5.41, 5.74) is 1.72. The van der Waals surface area contributed by atoms with Crippen molar-refractivity contribution in [1.29, 1.82) is 0 Å². The third-order valence-electron chi connectivity index (χ3n) is 9.04. The van der Waals surface area contributed by atoms with E-state index in [1.165, 1.54) is 37.7 Å². The van der Waals surface area contributed by atoms with E-state index in [-0.39, 0.29) is 22.5 Å². The van der Waals surface area contributed by atoms with Gasteiger partial charge in [-0.3, -0.25) is 4.79 Å². The Morgan fingerprint density at radius 2 is 1.93 bits per heavy atom. The summed E-state index contributed by atoms with van der Waals surface area (Å²) in [6.07, 6.45) is 9.66. The molecular formula is C24H40O4. The van der Waals surface area contributed by atoms with Crippen LogP contribution in [0.2, 0.25) is 0 Å². The van der Waals surface area contributed by atoms with E-state index < -0.39 is 11.9 Å². The maximum absolute atomic E-state index is 11.2. The first-order valence-electron chi connectivity index (χ1n) is 11.3. The minimum absolute atomic E-state index is 0.284. The lowest BCUT2D eigenvalue weighted by Crippen LogP contribution is -2.51. The van der Waals surface area contributed by atoms with Gasteiger partial charge in [-0.1, -0.05) is 32.9 Å². The highest BCUT2D eigenvalue weighted by Crippen LogP contribution is 2.63. The van der Waals surface area contributed by atoms with Crippen molar-refractivity contribution in [1.82, 2.24) is 0 Å². The van der Waals surface area contributed by atoms with Gasteiger partial charge in [0, 0.05) is 0 Å². The molecule has 0 amide bonds. The zero-order valence-corrected chi connectivity index (χ0v) is 18.6. The van der Waals surface area contributed by atoms with Crippen molar-refractivity contribution in [2.75, 3.05) is 0 Å². The van der Waals surface area contributed by atoms with Crippen molar-refractivity contribution in [2.45, 2.75) is 104 Å². The van der Waals surface area contributed by atoms with E-state index in [9.17, 15) is 9.90 Å². The molecule has 160 valence electrons. The molecule has 1 unspecified atom stereocenters. The number of carboxylic acid groups (broad SMARTS) is 1. The van der Waals surface area contributed by atoms with E-state index in [4.69, 9.17) is 9.78 Å². The number of hydrogen-bond donors (Lipinski definition) is 1. The quantitative estimate of drug-likeness (QED) is 0.450. The van der Waals surface area contributed by atoms with Crippen molar-refractivity contribution in [3.05, 3.63) is 12.2 Å². The molecular weight excluding hydrogens is 352 g/mol. The van der Waals surface area contributed by atoms with Crippen LogP contribution in [-0.4, -0.2) is 22.8 Å². The minimum Gasteiger partial charge on any atom is -0.481 e. The van der Waals surface area contributed by atoms with Crippen LogP contribution < -0.4 is 0 Å². The van der Waals surface area contributed by atoms with Gasteiger partial charge in [-0.15, -0.1) is 0 Å². The van der Waals surface area contributed by atoms with Crippen LogP contribution in [0.15, 0.2) is 12.2 Å². The van der Waals surface area contributed by atoms with Gasteiger partial charge in [0.05, 0.1) is 5.92 Å². The first kappa shape index (κ1) is 21.8. The molecule has 1 saturated heterocycles. The van der Waals surface area contributed by atoms with Crippen molar-refractivity contribution < 1.29 is 19.7 Å². The van der Waals surface area contributed by atoms with Crippen molar-refractivity contribution in [3.63, 3.8) is 0 Å². The Hall–Kier alpha value is -0.870. The number of hydrogen-bond acceptors (Lipinski definition) is 3. The average molecular weight is 393 g/mol. The Balaban J connectivity index is 1.67. The number of carboxylic acids is 1. The number of aliphatic carboxylic acids is 1. The van der Waals surface area contributed by atoms with E-state index in [0.29, 0.717) is 11.8 Å². The van der Waals surface area contributed by atoms with E-state index in [2.05, 4.69) is 34.3 Å². The van der Waals surface area contributed by atoms with Crippen LogP contribution in [0, 0.1) is 28.6 Å². The predicted molar refractivity (Wildman–Crippen MR) is 111 cm³/mol. The van der Waals surface area contributed by atoms with Crippen LogP contribution in [-0.2, 0) is 14.6 Å². The highest BCUT2D eigenvalue weighted by atomic mass is 17.2. The Morgan fingerprint density at radius 1 is 1.21 bits per heavy atom. The molecule has 4 nitrogen and oxygen atoms in total. The molecule has 0 aromatic rings. The summed E-state index contributed by atoms with van der Waals surface area (Å²) in [7, 11) is 0. The molecule has 1 N–H and O–H groups in total. The summed E-state index contributed by atoms with van der Waals surface area (Å²) >= 11 is 0. The topological polar surface area (TPSA) is 55.8 Å².